The molecule has 1 heterocycles. The van der Waals surface area contributed by atoms with Crippen LogP contribution in [0.2, 0.25) is 0 Å². The van der Waals surface area contributed by atoms with Crippen LogP contribution in [-0.2, 0) is 21.4 Å². The summed E-state index contributed by atoms with van der Waals surface area (Å²) in [4.78, 5) is 16.8. The number of aryl methyl sites for hydroxylation is 1. The maximum absolute atomic E-state index is 12.6. The first-order valence-corrected chi connectivity index (χ1v) is 10.9. The van der Waals surface area contributed by atoms with Crippen LogP contribution in [0.1, 0.15) is 28.7 Å². The normalized spacial score (nSPS) is 11.5. The van der Waals surface area contributed by atoms with E-state index in [2.05, 4.69) is 10.1 Å². The van der Waals surface area contributed by atoms with E-state index in [1.165, 1.54) is 26.2 Å². The van der Waals surface area contributed by atoms with Crippen LogP contribution >= 0.6 is 0 Å². The molecule has 0 spiro atoms. The number of benzene rings is 2. The van der Waals surface area contributed by atoms with Crippen molar-refractivity contribution in [1.29, 1.82) is 0 Å². The highest BCUT2D eigenvalue weighted by molar-refractivity contribution is 7.89. The Hall–Kier alpha value is -3.24. The van der Waals surface area contributed by atoms with Crippen molar-refractivity contribution in [3.05, 3.63) is 59.5 Å². The summed E-state index contributed by atoms with van der Waals surface area (Å²) in [6.07, 6.45) is 0. The maximum Gasteiger partial charge on any atom is 0.338 e. The van der Waals surface area contributed by atoms with Gasteiger partial charge in [0, 0.05) is 14.1 Å². The van der Waals surface area contributed by atoms with Gasteiger partial charge in [0.05, 0.1) is 22.6 Å². The summed E-state index contributed by atoms with van der Waals surface area (Å²) in [7, 11) is -0.839. The molecule has 0 fully saturated rings. The predicted octanol–water partition coefficient (Wildman–Crippen LogP) is 3.05. The van der Waals surface area contributed by atoms with Crippen molar-refractivity contribution in [3.8, 4) is 17.1 Å². The molecule has 10 heteroatoms. The third-order valence-corrected chi connectivity index (χ3v) is 6.24. The van der Waals surface area contributed by atoms with Gasteiger partial charge >= 0.3 is 5.97 Å². The number of carbonyl (C=O) groups is 1. The largest absolute Gasteiger partial charge is 0.493 e. The van der Waals surface area contributed by atoms with Gasteiger partial charge in [-0.05, 0) is 43.7 Å². The van der Waals surface area contributed by atoms with E-state index in [0.29, 0.717) is 29.3 Å². The molecule has 3 rings (SSSR count). The number of ether oxygens (including phenoxy) is 2. The van der Waals surface area contributed by atoms with Crippen molar-refractivity contribution in [2.24, 2.45) is 0 Å². The van der Waals surface area contributed by atoms with E-state index >= 15 is 0 Å². The van der Waals surface area contributed by atoms with Crippen LogP contribution in [0.3, 0.4) is 0 Å². The number of aromatic nitrogens is 2. The van der Waals surface area contributed by atoms with Gasteiger partial charge in [0.15, 0.2) is 6.61 Å². The summed E-state index contributed by atoms with van der Waals surface area (Å²) < 4.78 is 41.8. The topological polar surface area (TPSA) is 112 Å². The highest BCUT2D eigenvalue weighted by atomic mass is 32.2. The average Bonchev–Trinajstić information content (AvgIpc) is 3.21. The van der Waals surface area contributed by atoms with E-state index in [1.807, 2.05) is 19.1 Å². The minimum atomic E-state index is -3.68. The number of nitrogens with zero attached hydrogens (tertiary/aromatic N) is 3. The number of hydrogen-bond acceptors (Lipinski definition) is 8. The van der Waals surface area contributed by atoms with Gasteiger partial charge in [0.2, 0.25) is 15.8 Å². The molecule has 0 aliphatic rings. The Morgan fingerprint density at radius 3 is 2.61 bits per heavy atom. The first kappa shape index (κ1) is 22.4. The molecule has 31 heavy (non-hydrogen) atoms. The molecule has 164 valence electrons. The van der Waals surface area contributed by atoms with Gasteiger partial charge in [-0.2, -0.15) is 4.98 Å². The molecular weight excluding hydrogens is 422 g/mol. The summed E-state index contributed by atoms with van der Waals surface area (Å²) >= 11 is 0. The molecular formula is C21H23N3O6S. The Kier molecular flexibility index (Phi) is 6.71. The molecule has 0 bridgehead atoms. The van der Waals surface area contributed by atoms with E-state index in [1.54, 1.807) is 25.1 Å². The van der Waals surface area contributed by atoms with E-state index in [9.17, 15) is 13.2 Å². The van der Waals surface area contributed by atoms with Gasteiger partial charge in [-0.15, -0.1) is 0 Å². The number of esters is 1. The van der Waals surface area contributed by atoms with Crippen molar-refractivity contribution in [3.63, 3.8) is 0 Å². The summed E-state index contributed by atoms with van der Waals surface area (Å²) in [5.74, 6) is 0.335. The quantitative estimate of drug-likeness (QED) is 0.486. The Morgan fingerprint density at radius 1 is 1.16 bits per heavy atom. The fraction of sp³-hybridized carbons (Fsp3) is 0.286. The maximum atomic E-state index is 12.6. The Labute approximate surface area is 180 Å². The van der Waals surface area contributed by atoms with Crippen LogP contribution < -0.4 is 4.74 Å². The van der Waals surface area contributed by atoms with Crippen molar-refractivity contribution >= 4 is 16.0 Å². The van der Waals surface area contributed by atoms with Crippen molar-refractivity contribution in [2.45, 2.75) is 25.3 Å². The third kappa shape index (κ3) is 4.92. The fourth-order valence-corrected chi connectivity index (χ4v) is 3.68. The number of hydrogen-bond donors (Lipinski definition) is 0. The molecule has 3 aromatic rings. The van der Waals surface area contributed by atoms with Crippen LogP contribution in [0, 0.1) is 6.92 Å². The van der Waals surface area contributed by atoms with Crippen LogP contribution in [0.4, 0.5) is 0 Å². The van der Waals surface area contributed by atoms with E-state index in [-0.39, 0.29) is 23.0 Å². The Bertz CT molecular complexity index is 1190. The lowest BCUT2D eigenvalue weighted by Crippen LogP contribution is -2.22. The number of rotatable bonds is 8. The highest BCUT2D eigenvalue weighted by Crippen LogP contribution is 2.27. The van der Waals surface area contributed by atoms with E-state index in [0.717, 1.165) is 4.31 Å². The molecule has 0 radical (unpaired) electrons. The monoisotopic (exact) mass is 445 g/mol. The average molecular weight is 445 g/mol. The zero-order valence-electron chi connectivity index (χ0n) is 17.7. The lowest BCUT2D eigenvalue weighted by Gasteiger charge is -2.13. The van der Waals surface area contributed by atoms with Gasteiger partial charge in [-0.25, -0.2) is 17.5 Å². The van der Waals surface area contributed by atoms with Gasteiger partial charge < -0.3 is 14.0 Å². The summed E-state index contributed by atoms with van der Waals surface area (Å²) in [6.45, 7) is 3.80. The lowest BCUT2D eigenvalue weighted by atomic mass is 10.1. The molecule has 2 aromatic carbocycles. The second kappa shape index (κ2) is 9.27. The SMILES string of the molecule is CCOc1ccccc1-c1noc(COC(=O)c2cc(S(=O)(=O)N(C)C)ccc2C)n1. The third-order valence-electron chi connectivity index (χ3n) is 4.43. The number of sulfonamides is 1. The van der Waals surface area contributed by atoms with Crippen LogP contribution in [-0.4, -0.2) is 49.5 Å². The zero-order valence-corrected chi connectivity index (χ0v) is 18.5. The van der Waals surface area contributed by atoms with E-state index in [4.69, 9.17) is 14.0 Å². The zero-order chi connectivity index (χ0) is 22.6. The standard InChI is InChI=1S/C21H23N3O6S/c1-5-28-18-9-7-6-8-16(18)20-22-19(30-23-20)13-29-21(25)17-12-15(11-10-14(17)2)31(26,27)24(3)4/h6-12H,5,13H2,1-4H3. The van der Waals surface area contributed by atoms with Gasteiger partial charge in [0.1, 0.15) is 5.75 Å². The van der Waals surface area contributed by atoms with Crippen LogP contribution in [0.15, 0.2) is 51.9 Å². The molecule has 0 saturated heterocycles. The molecule has 0 saturated carbocycles. The lowest BCUT2D eigenvalue weighted by molar-refractivity contribution is 0.0428. The predicted molar refractivity (Wildman–Crippen MR) is 112 cm³/mol. The molecule has 0 atom stereocenters. The minimum Gasteiger partial charge on any atom is -0.493 e. The Morgan fingerprint density at radius 2 is 1.90 bits per heavy atom. The Balaban J connectivity index is 1.76. The second-order valence-corrected chi connectivity index (χ2v) is 8.93. The van der Waals surface area contributed by atoms with Gasteiger partial charge in [-0.1, -0.05) is 23.4 Å². The van der Waals surface area contributed by atoms with E-state index < -0.39 is 16.0 Å². The van der Waals surface area contributed by atoms with Crippen LogP contribution in [0.25, 0.3) is 11.4 Å². The molecule has 0 aliphatic carbocycles. The second-order valence-electron chi connectivity index (χ2n) is 6.78. The molecule has 1 aromatic heterocycles. The first-order valence-electron chi connectivity index (χ1n) is 9.49. The van der Waals surface area contributed by atoms with Crippen molar-refractivity contribution in [1.82, 2.24) is 14.4 Å². The molecule has 0 amide bonds. The van der Waals surface area contributed by atoms with Crippen molar-refractivity contribution < 1.29 is 27.2 Å². The summed E-state index contributed by atoms with van der Waals surface area (Å²) in [5, 5.41) is 3.92. The number of carbonyl (C=O) groups excluding carboxylic acids is 1. The summed E-state index contributed by atoms with van der Waals surface area (Å²) in [6, 6.07) is 11.6. The van der Waals surface area contributed by atoms with Gasteiger partial charge in [-0.3, -0.25) is 0 Å². The first-order chi connectivity index (χ1) is 14.7. The molecule has 0 N–H and O–H groups in total. The molecule has 9 nitrogen and oxygen atoms in total. The van der Waals surface area contributed by atoms with Gasteiger partial charge in [0.25, 0.3) is 5.89 Å². The molecule has 0 aliphatic heterocycles. The smallest absolute Gasteiger partial charge is 0.338 e. The number of para-hydroxylation sites is 1. The fourth-order valence-electron chi connectivity index (χ4n) is 2.75. The minimum absolute atomic E-state index is 0.00246. The summed E-state index contributed by atoms with van der Waals surface area (Å²) in [5.41, 5.74) is 1.38. The van der Waals surface area contributed by atoms with Crippen LogP contribution in [0.5, 0.6) is 5.75 Å². The van der Waals surface area contributed by atoms with Crippen molar-refractivity contribution in [2.75, 3.05) is 20.7 Å². The highest BCUT2D eigenvalue weighted by Gasteiger charge is 2.21. The molecule has 0 unspecified atom stereocenters.